The smallest absolute Gasteiger partial charge is 0.123 e. The molecule has 164 valence electrons. The van der Waals surface area contributed by atoms with Crippen LogP contribution in [0.15, 0.2) is 72.8 Å². The van der Waals surface area contributed by atoms with Crippen LogP contribution in [0.1, 0.15) is 80.9 Å². The molecule has 0 aromatic heterocycles. The van der Waals surface area contributed by atoms with Gasteiger partial charge in [0.25, 0.3) is 0 Å². The Labute approximate surface area is 192 Å². The summed E-state index contributed by atoms with van der Waals surface area (Å²) in [4.78, 5) is 0. The summed E-state index contributed by atoms with van der Waals surface area (Å²) >= 11 is 0. The summed E-state index contributed by atoms with van der Waals surface area (Å²) < 4.78 is 13.1. The lowest BCUT2D eigenvalue weighted by Crippen LogP contribution is -2.13. The second-order valence-electron chi connectivity index (χ2n) is 9.17. The molecule has 1 aliphatic carbocycles. The van der Waals surface area contributed by atoms with Gasteiger partial charge in [-0.2, -0.15) is 0 Å². The van der Waals surface area contributed by atoms with E-state index in [2.05, 4.69) is 43.0 Å². The molecule has 0 atom stereocenters. The van der Waals surface area contributed by atoms with Crippen molar-refractivity contribution in [1.29, 1.82) is 0 Å². The molecule has 0 radical (unpaired) electrons. The van der Waals surface area contributed by atoms with Crippen molar-refractivity contribution in [3.8, 4) is 23.0 Å². The monoisotopic (exact) mass is 424 g/mol. The van der Waals surface area contributed by atoms with Gasteiger partial charge in [-0.25, -0.2) is 4.39 Å². The number of hydrogen-bond donors (Lipinski definition) is 0. The number of benzene rings is 3. The maximum absolute atomic E-state index is 13.1. The molecule has 0 heterocycles. The quantitative estimate of drug-likeness (QED) is 0.274. The van der Waals surface area contributed by atoms with Gasteiger partial charge in [0.1, 0.15) is 5.82 Å². The van der Waals surface area contributed by atoms with Crippen molar-refractivity contribution in [2.24, 2.45) is 5.92 Å². The predicted octanol–water partition coefficient (Wildman–Crippen LogP) is 8.75. The average Bonchev–Trinajstić information content (AvgIpc) is 2.85. The van der Waals surface area contributed by atoms with Gasteiger partial charge < -0.3 is 0 Å². The van der Waals surface area contributed by atoms with Gasteiger partial charge in [-0.05, 0) is 90.6 Å². The van der Waals surface area contributed by atoms with Gasteiger partial charge in [-0.3, -0.25) is 0 Å². The van der Waals surface area contributed by atoms with Crippen LogP contribution in [0, 0.1) is 23.6 Å². The van der Waals surface area contributed by atoms with E-state index in [1.807, 2.05) is 24.3 Å². The molecule has 3 aromatic carbocycles. The molecule has 0 spiro atoms. The highest BCUT2D eigenvalue weighted by Crippen LogP contribution is 2.37. The van der Waals surface area contributed by atoms with Gasteiger partial charge in [0.2, 0.25) is 0 Å². The summed E-state index contributed by atoms with van der Waals surface area (Å²) in [5.74, 6) is 8.03. The Hall–Kier alpha value is -2.85. The normalized spacial score (nSPS) is 18.1. The van der Waals surface area contributed by atoms with Crippen molar-refractivity contribution in [1.82, 2.24) is 0 Å². The fourth-order valence-electron chi connectivity index (χ4n) is 4.84. The molecular weight excluding hydrogens is 391 g/mol. The van der Waals surface area contributed by atoms with Crippen molar-refractivity contribution in [3.05, 3.63) is 95.3 Å². The van der Waals surface area contributed by atoms with E-state index in [0.717, 1.165) is 34.1 Å². The second-order valence-corrected chi connectivity index (χ2v) is 9.17. The Balaban J connectivity index is 1.32. The van der Waals surface area contributed by atoms with Crippen LogP contribution in [0.2, 0.25) is 0 Å². The summed E-state index contributed by atoms with van der Waals surface area (Å²) in [5, 5.41) is 0. The van der Waals surface area contributed by atoms with Crippen LogP contribution in [0.5, 0.6) is 0 Å². The standard InChI is InChI=1S/C31H33F/c1-2-3-4-5-24-8-14-27(15-9-24)28-16-10-25(11-17-28)6-7-26-12-18-29(19-13-26)30-20-22-31(32)23-21-30/h10-13,16-24,27H,2-5,8-9,14-15H2,1H3. The number of halogens is 1. The van der Waals surface area contributed by atoms with Gasteiger partial charge >= 0.3 is 0 Å². The summed E-state index contributed by atoms with van der Waals surface area (Å²) in [6.45, 7) is 2.29. The summed E-state index contributed by atoms with van der Waals surface area (Å²) in [6, 6.07) is 23.6. The van der Waals surface area contributed by atoms with Crippen molar-refractivity contribution in [3.63, 3.8) is 0 Å². The molecule has 1 fully saturated rings. The molecule has 3 aromatic rings. The van der Waals surface area contributed by atoms with E-state index >= 15 is 0 Å². The highest BCUT2D eigenvalue weighted by atomic mass is 19.1. The lowest BCUT2D eigenvalue weighted by molar-refractivity contribution is 0.303. The van der Waals surface area contributed by atoms with Crippen LogP contribution in [0.4, 0.5) is 4.39 Å². The van der Waals surface area contributed by atoms with Crippen molar-refractivity contribution >= 4 is 0 Å². The van der Waals surface area contributed by atoms with Crippen LogP contribution >= 0.6 is 0 Å². The van der Waals surface area contributed by atoms with Crippen molar-refractivity contribution in [2.75, 3.05) is 0 Å². The summed E-state index contributed by atoms with van der Waals surface area (Å²) in [6.07, 6.45) is 11.0. The first-order valence-electron chi connectivity index (χ1n) is 12.2. The van der Waals surface area contributed by atoms with E-state index in [4.69, 9.17) is 0 Å². The van der Waals surface area contributed by atoms with E-state index in [-0.39, 0.29) is 5.82 Å². The second kappa shape index (κ2) is 11.1. The minimum absolute atomic E-state index is 0.211. The fourth-order valence-corrected chi connectivity index (χ4v) is 4.84. The van der Waals surface area contributed by atoms with E-state index in [0.29, 0.717) is 0 Å². The first-order valence-corrected chi connectivity index (χ1v) is 12.2. The van der Waals surface area contributed by atoms with Crippen LogP contribution in [-0.2, 0) is 0 Å². The van der Waals surface area contributed by atoms with E-state index in [1.54, 1.807) is 12.1 Å². The summed E-state index contributed by atoms with van der Waals surface area (Å²) in [7, 11) is 0. The minimum atomic E-state index is -0.211. The molecule has 0 saturated heterocycles. The maximum Gasteiger partial charge on any atom is 0.123 e. The fraction of sp³-hybridized carbons (Fsp3) is 0.355. The number of unbranched alkanes of at least 4 members (excludes halogenated alkanes) is 2. The van der Waals surface area contributed by atoms with E-state index in [1.165, 1.54) is 69.1 Å². The van der Waals surface area contributed by atoms with Crippen LogP contribution in [0.3, 0.4) is 0 Å². The first-order chi connectivity index (χ1) is 15.7. The third kappa shape index (κ3) is 6.10. The van der Waals surface area contributed by atoms with E-state index < -0.39 is 0 Å². The van der Waals surface area contributed by atoms with Gasteiger partial charge in [-0.1, -0.05) is 80.8 Å². The van der Waals surface area contributed by atoms with Crippen LogP contribution in [0.25, 0.3) is 11.1 Å². The van der Waals surface area contributed by atoms with Gasteiger partial charge in [0.15, 0.2) is 0 Å². The molecule has 0 aliphatic heterocycles. The molecule has 0 N–H and O–H groups in total. The maximum atomic E-state index is 13.1. The molecule has 0 amide bonds. The lowest BCUT2D eigenvalue weighted by atomic mass is 9.77. The molecule has 1 saturated carbocycles. The topological polar surface area (TPSA) is 0 Å². The van der Waals surface area contributed by atoms with Crippen molar-refractivity contribution in [2.45, 2.75) is 64.2 Å². The largest absolute Gasteiger partial charge is 0.207 e. The SMILES string of the molecule is CCCCCC1CCC(c2ccc(C#Cc3ccc(-c4ccc(F)cc4)cc3)cc2)CC1. The molecule has 0 unspecified atom stereocenters. The number of rotatable bonds is 6. The van der Waals surface area contributed by atoms with Crippen molar-refractivity contribution < 1.29 is 4.39 Å². The molecule has 0 bridgehead atoms. The molecule has 1 heteroatoms. The van der Waals surface area contributed by atoms with E-state index in [9.17, 15) is 4.39 Å². The summed E-state index contributed by atoms with van der Waals surface area (Å²) in [5.41, 5.74) is 5.61. The molecule has 4 rings (SSSR count). The Morgan fingerprint density at radius 1 is 0.688 bits per heavy atom. The van der Waals surface area contributed by atoms with Gasteiger partial charge in [0.05, 0.1) is 0 Å². The highest BCUT2D eigenvalue weighted by molar-refractivity contribution is 5.64. The lowest BCUT2D eigenvalue weighted by Gasteiger charge is -2.29. The minimum Gasteiger partial charge on any atom is -0.207 e. The molecular formula is C31H33F. The third-order valence-corrected chi connectivity index (χ3v) is 6.86. The average molecular weight is 425 g/mol. The Morgan fingerprint density at radius 3 is 1.78 bits per heavy atom. The highest BCUT2D eigenvalue weighted by Gasteiger charge is 2.21. The van der Waals surface area contributed by atoms with Gasteiger partial charge in [0, 0.05) is 11.1 Å². The Kier molecular flexibility index (Phi) is 7.78. The zero-order chi connectivity index (χ0) is 22.2. The zero-order valence-corrected chi connectivity index (χ0v) is 19.1. The van der Waals surface area contributed by atoms with Crippen LogP contribution in [-0.4, -0.2) is 0 Å². The molecule has 1 aliphatic rings. The Morgan fingerprint density at radius 2 is 1.22 bits per heavy atom. The predicted molar refractivity (Wildman–Crippen MR) is 133 cm³/mol. The van der Waals surface area contributed by atoms with Crippen LogP contribution < -0.4 is 0 Å². The number of hydrogen-bond acceptors (Lipinski definition) is 0. The Bertz CT molecular complexity index is 1020. The third-order valence-electron chi connectivity index (χ3n) is 6.86. The zero-order valence-electron chi connectivity index (χ0n) is 19.1. The van der Waals surface area contributed by atoms with Gasteiger partial charge in [-0.15, -0.1) is 0 Å². The molecule has 32 heavy (non-hydrogen) atoms. The first kappa shape index (κ1) is 22.3. The molecule has 0 nitrogen and oxygen atoms in total.